The minimum absolute atomic E-state index is 0.176. The number of nitrogens with two attached hydrogens (primary N) is 1. The van der Waals surface area contributed by atoms with Crippen LogP contribution < -0.4 is 10.5 Å². The van der Waals surface area contributed by atoms with Gasteiger partial charge in [0.25, 0.3) is 0 Å². The van der Waals surface area contributed by atoms with Gasteiger partial charge in [-0.3, -0.25) is 0 Å². The molecule has 0 bridgehead atoms. The maximum Gasteiger partial charge on any atom is 0.201 e. The van der Waals surface area contributed by atoms with Gasteiger partial charge in [-0.15, -0.1) is 0 Å². The monoisotopic (exact) mass is 263 g/mol. The third kappa shape index (κ3) is 1.85. The zero-order valence-corrected chi connectivity index (χ0v) is 9.43. The van der Waals surface area contributed by atoms with Gasteiger partial charge in [0.1, 0.15) is 0 Å². The molecule has 0 fully saturated rings. The average Bonchev–Trinajstić information content (AvgIpc) is 2.88. The van der Waals surface area contributed by atoms with Crippen LogP contribution in [-0.2, 0) is 0 Å². The van der Waals surface area contributed by atoms with Gasteiger partial charge in [-0.05, 0) is 34.6 Å². The molecule has 3 rings (SSSR count). The Bertz CT molecular complexity index is 758. The van der Waals surface area contributed by atoms with Crippen LogP contribution in [0.3, 0.4) is 0 Å². The smallest absolute Gasteiger partial charge is 0.201 e. The van der Waals surface area contributed by atoms with E-state index in [1.807, 2.05) is 0 Å². The molecule has 5 nitrogen and oxygen atoms in total. The lowest BCUT2D eigenvalue weighted by molar-refractivity contribution is 0.314. The highest BCUT2D eigenvalue weighted by molar-refractivity contribution is 5.90. The normalized spacial score (nSPS) is 10.8. The first kappa shape index (κ1) is 11.4. The first-order valence-electron chi connectivity index (χ1n) is 5.29. The van der Waals surface area contributed by atoms with E-state index in [4.69, 9.17) is 10.5 Å². The highest BCUT2D eigenvalue weighted by Gasteiger charge is 2.15. The fourth-order valence-electron chi connectivity index (χ4n) is 1.63. The van der Waals surface area contributed by atoms with Crippen LogP contribution in [-0.4, -0.2) is 10.3 Å². The molecule has 96 valence electrons. The maximum atomic E-state index is 13.5. The van der Waals surface area contributed by atoms with Crippen molar-refractivity contribution < 1.29 is 18.1 Å². The number of nitrogen functional groups attached to an aromatic ring is 1. The summed E-state index contributed by atoms with van der Waals surface area (Å²) in [7, 11) is 0. The van der Waals surface area contributed by atoms with Crippen LogP contribution in [0.2, 0.25) is 0 Å². The second kappa shape index (κ2) is 4.20. The van der Waals surface area contributed by atoms with Gasteiger partial charge >= 0.3 is 0 Å². The van der Waals surface area contributed by atoms with Gasteiger partial charge in [-0.1, -0.05) is 6.07 Å². The van der Waals surface area contributed by atoms with Crippen LogP contribution in [0.5, 0.6) is 11.5 Å². The SMILES string of the molecule is Nc1ccc(Oc2cccc(F)c2F)c2nonc12. The molecule has 1 aromatic heterocycles. The molecular formula is C12H7F2N3O2. The molecule has 0 amide bonds. The standard InChI is InChI=1S/C12H7F2N3O2/c13-6-2-1-3-8(10(6)14)18-9-5-4-7(15)11-12(9)17-19-16-11/h1-5H,15H2. The number of fused-ring (bicyclic) bond motifs is 1. The van der Waals surface area contributed by atoms with Crippen molar-refractivity contribution in [2.75, 3.05) is 5.73 Å². The summed E-state index contributed by atoms with van der Waals surface area (Å²) in [6, 6.07) is 6.63. The third-order valence-electron chi connectivity index (χ3n) is 2.55. The fourth-order valence-corrected chi connectivity index (χ4v) is 1.63. The summed E-state index contributed by atoms with van der Waals surface area (Å²) in [5.74, 6) is -2.16. The number of anilines is 1. The molecular weight excluding hydrogens is 256 g/mol. The van der Waals surface area contributed by atoms with Crippen LogP contribution in [0.15, 0.2) is 35.0 Å². The summed E-state index contributed by atoms with van der Waals surface area (Å²) in [5.41, 5.74) is 6.55. The highest BCUT2D eigenvalue weighted by Crippen LogP contribution is 2.32. The summed E-state index contributed by atoms with van der Waals surface area (Å²) >= 11 is 0. The van der Waals surface area contributed by atoms with Crippen molar-refractivity contribution in [3.8, 4) is 11.5 Å². The number of rotatable bonds is 2. The molecule has 7 heteroatoms. The molecule has 2 aromatic carbocycles. The zero-order chi connectivity index (χ0) is 13.4. The van der Waals surface area contributed by atoms with Gasteiger partial charge in [0, 0.05) is 0 Å². The van der Waals surface area contributed by atoms with Crippen molar-refractivity contribution in [3.63, 3.8) is 0 Å². The molecule has 2 N–H and O–H groups in total. The molecule has 0 unspecified atom stereocenters. The van der Waals surface area contributed by atoms with E-state index in [1.54, 1.807) is 0 Å². The predicted octanol–water partition coefficient (Wildman–Crippen LogP) is 2.88. The molecule has 1 heterocycles. The van der Waals surface area contributed by atoms with Gasteiger partial charge in [-0.25, -0.2) is 9.02 Å². The Kier molecular flexibility index (Phi) is 2.52. The first-order valence-corrected chi connectivity index (χ1v) is 5.29. The van der Waals surface area contributed by atoms with Crippen LogP contribution in [0.4, 0.5) is 14.5 Å². The number of ether oxygens (including phenoxy) is 1. The van der Waals surface area contributed by atoms with Crippen LogP contribution >= 0.6 is 0 Å². The maximum absolute atomic E-state index is 13.5. The van der Waals surface area contributed by atoms with Gasteiger partial charge in [0.2, 0.25) is 5.82 Å². The van der Waals surface area contributed by atoms with Crippen LogP contribution in [0.1, 0.15) is 0 Å². The first-order chi connectivity index (χ1) is 9.16. The topological polar surface area (TPSA) is 74.2 Å². The van der Waals surface area contributed by atoms with Crippen molar-refractivity contribution in [3.05, 3.63) is 42.0 Å². The van der Waals surface area contributed by atoms with Crippen molar-refractivity contribution in [1.82, 2.24) is 10.3 Å². The number of halogens is 2. The molecule has 0 saturated heterocycles. The summed E-state index contributed by atoms with van der Waals surface area (Å²) < 4.78 is 36.4. The lowest BCUT2D eigenvalue weighted by atomic mass is 10.2. The van der Waals surface area contributed by atoms with E-state index in [0.29, 0.717) is 11.2 Å². The van der Waals surface area contributed by atoms with E-state index in [9.17, 15) is 8.78 Å². The number of hydrogen-bond acceptors (Lipinski definition) is 5. The number of hydrogen-bond donors (Lipinski definition) is 1. The molecule has 19 heavy (non-hydrogen) atoms. The van der Waals surface area contributed by atoms with E-state index in [0.717, 1.165) is 6.07 Å². The molecule has 0 radical (unpaired) electrons. The minimum Gasteiger partial charge on any atom is -0.452 e. The van der Waals surface area contributed by atoms with Gasteiger partial charge in [0.15, 0.2) is 28.3 Å². The molecule has 0 aliphatic carbocycles. The quantitative estimate of drug-likeness (QED) is 0.719. The Morgan fingerprint density at radius 2 is 1.79 bits per heavy atom. The van der Waals surface area contributed by atoms with Gasteiger partial charge in [-0.2, -0.15) is 4.39 Å². The summed E-state index contributed by atoms with van der Waals surface area (Å²) in [5, 5.41) is 7.22. The van der Waals surface area contributed by atoms with Crippen LogP contribution in [0.25, 0.3) is 11.0 Å². The van der Waals surface area contributed by atoms with E-state index in [-0.39, 0.29) is 17.0 Å². The van der Waals surface area contributed by atoms with Crippen molar-refractivity contribution in [1.29, 1.82) is 0 Å². The number of benzene rings is 2. The molecule has 0 spiro atoms. The lowest BCUT2D eigenvalue weighted by Gasteiger charge is -2.07. The third-order valence-corrected chi connectivity index (χ3v) is 2.55. The van der Waals surface area contributed by atoms with E-state index < -0.39 is 11.6 Å². The Morgan fingerprint density at radius 1 is 1.00 bits per heavy atom. The molecule has 0 aliphatic heterocycles. The Balaban J connectivity index is 2.09. The number of nitrogens with zero attached hydrogens (tertiary/aromatic N) is 2. The summed E-state index contributed by atoms with van der Waals surface area (Å²) in [6.07, 6.45) is 0. The predicted molar refractivity (Wildman–Crippen MR) is 62.6 cm³/mol. The summed E-state index contributed by atoms with van der Waals surface area (Å²) in [6.45, 7) is 0. The molecule has 0 aliphatic rings. The minimum atomic E-state index is -1.08. The van der Waals surface area contributed by atoms with Gasteiger partial charge in [0.05, 0.1) is 5.69 Å². The second-order valence-electron chi connectivity index (χ2n) is 3.77. The zero-order valence-electron chi connectivity index (χ0n) is 9.43. The van der Waals surface area contributed by atoms with Gasteiger partial charge < -0.3 is 10.5 Å². The largest absolute Gasteiger partial charge is 0.452 e. The molecule has 3 aromatic rings. The van der Waals surface area contributed by atoms with Crippen molar-refractivity contribution >= 4 is 16.7 Å². The fraction of sp³-hybridized carbons (Fsp3) is 0. The molecule has 0 atom stereocenters. The summed E-state index contributed by atoms with van der Waals surface area (Å²) in [4.78, 5) is 0. The van der Waals surface area contributed by atoms with E-state index in [1.165, 1.54) is 24.3 Å². The van der Waals surface area contributed by atoms with E-state index >= 15 is 0 Å². The van der Waals surface area contributed by atoms with Crippen molar-refractivity contribution in [2.24, 2.45) is 0 Å². The lowest BCUT2D eigenvalue weighted by Crippen LogP contribution is -1.93. The average molecular weight is 263 g/mol. The second-order valence-corrected chi connectivity index (χ2v) is 3.77. The Morgan fingerprint density at radius 3 is 2.63 bits per heavy atom. The van der Waals surface area contributed by atoms with Crippen LogP contribution in [0, 0.1) is 11.6 Å². The number of aromatic nitrogens is 2. The Hall–Kier alpha value is -2.70. The van der Waals surface area contributed by atoms with Crippen molar-refractivity contribution in [2.45, 2.75) is 0 Å². The molecule has 0 saturated carbocycles. The van der Waals surface area contributed by atoms with E-state index in [2.05, 4.69) is 14.9 Å². The highest BCUT2D eigenvalue weighted by atomic mass is 19.2. The Labute approximate surface area is 105 Å².